The molecule has 1 N–H and O–H groups in total. The number of nitrogens with zero attached hydrogens (tertiary/aromatic N) is 1. The summed E-state index contributed by atoms with van der Waals surface area (Å²) in [7, 11) is 0. The highest BCUT2D eigenvalue weighted by atomic mass is 16.6. The van der Waals surface area contributed by atoms with Gasteiger partial charge in [0.1, 0.15) is 5.60 Å². The van der Waals surface area contributed by atoms with Crippen LogP contribution in [0.1, 0.15) is 67.0 Å². The molecule has 0 aliphatic carbocycles. The fraction of sp³-hybridized carbons (Fsp3) is 0.421. The minimum atomic E-state index is -0.563. The lowest BCUT2D eigenvalue weighted by Gasteiger charge is -2.20. The van der Waals surface area contributed by atoms with Crippen molar-refractivity contribution in [1.82, 2.24) is 9.55 Å². The van der Waals surface area contributed by atoms with Crippen LogP contribution in [0, 0.1) is 0 Å². The van der Waals surface area contributed by atoms with Crippen LogP contribution in [0.3, 0.4) is 0 Å². The molecular weight excluding hydrogens is 320 g/mol. The maximum absolute atomic E-state index is 11.9. The zero-order valence-electron chi connectivity index (χ0n) is 15.5. The van der Waals surface area contributed by atoms with E-state index in [1.165, 1.54) is 4.57 Å². The SMILES string of the molecule is CCc1ccc(C=O)[nH]1.CCc1ccc(C=O)n1C(=O)OC(C)(C)C. The molecule has 0 saturated carbocycles. The van der Waals surface area contributed by atoms with E-state index >= 15 is 0 Å². The molecule has 0 fully saturated rings. The molecule has 6 heteroatoms. The van der Waals surface area contributed by atoms with Gasteiger partial charge in [-0.25, -0.2) is 9.36 Å². The Morgan fingerprint density at radius 2 is 1.76 bits per heavy atom. The van der Waals surface area contributed by atoms with Crippen molar-refractivity contribution in [2.24, 2.45) is 0 Å². The molecule has 25 heavy (non-hydrogen) atoms. The van der Waals surface area contributed by atoms with Crippen LogP contribution < -0.4 is 0 Å². The average Bonchev–Trinajstić information content (AvgIpc) is 3.19. The molecule has 0 bridgehead atoms. The molecule has 0 aromatic carbocycles. The second-order valence-corrected chi connectivity index (χ2v) is 6.45. The van der Waals surface area contributed by atoms with Gasteiger partial charge in [0.05, 0.1) is 11.4 Å². The largest absolute Gasteiger partial charge is 0.443 e. The number of hydrogen-bond donors (Lipinski definition) is 1. The molecule has 136 valence electrons. The van der Waals surface area contributed by atoms with Crippen LogP contribution in [-0.4, -0.2) is 33.8 Å². The summed E-state index contributed by atoms with van der Waals surface area (Å²) in [5, 5.41) is 0. The number of aromatic amines is 1. The van der Waals surface area contributed by atoms with E-state index in [4.69, 9.17) is 4.74 Å². The second-order valence-electron chi connectivity index (χ2n) is 6.45. The summed E-state index contributed by atoms with van der Waals surface area (Å²) in [5.74, 6) is 0. The number of aldehydes is 2. The van der Waals surface area contributed by atoms with Gasteiger partial charge in [-0.3, -0.25) is 9.59 Å². The summed E-state index contributed by atoms with van der Waals surface area (Å²) in [6.07, 6.45) is 2.60. The van der Waals surface area contributed by atoms with Crippen LogP contribution in [0.25, 0.3) is 0 Å². The summed E-state index contributed by atoms with van der Waals surface area (Å²) in [4.78, 5) is 35.7. The summed E-state index contributed by atoms with van der Waals surface area (Å²) >= 11 is 0. The smallest absolute Gasteiger partial charge is 0.419 e. The van der Waals surface area contributed by atoms with Crippen molar-refractivity contribution < 1.29 is 19.1 Å². The second kappa shape index (κ2) is 9.01. The molecule has 2 rings (SSSR count). The Labute approximate surface area is 148 Å². The lowest BCUT2D eigenvalue weighted by Crippen LogP contribution is -2.28. The molecule has 6 nitrogen and oxygen atoms in total. The van der Waals surface area contributed by atoms with Crippen molar-refractivity contribution in [3.63, 3.8) is 0 Å². The molecule has 0 radical (unpaired) electrons. The lowest BCUT2D eigenvalue weighted by atomic mass is 10.2. The third-order valence-corrected chi connectivity index (χ3v) is 3.33. The first-order chi connectivity index (χ1) is 11.8. The number of aryl methyl sites for hydroxylation is 2. The Bertz CT molecular complexity index is 720. The van der Waals surface area contributed by atoms with Crippen LogP contribution in [0.4, 0.5) is 4.79 Å². The van der Waals surface area contributed by atoms with Crippen LogP contribution in [-0.2, 0) is 17.6 Å². The highest BCUT2D eigenvalue weighted by Crippen LogP contribution is 2.14. The first-order valence-electron chi connectivity index (χ1n) is 8.27. The summed E-state index contributed by atoms with van der Waals surface area (Å²) in [6, 6.07) is 7.08. The molecule has 0 amide bonds. The number of aromatic nitrogens is 2. The van der Waals surface area contributed by atoms with Crippen molar-refractivity contribution in [3.8, 4) is 0 Å². The molecule has 0 atom stereocenters. The van der Waals surface area contributed by atoms with Crippen LogP contribution in [0.2, 0.25) is 0 Å². The third kappa shape index (κ3) is 6.06. The van der Waals surface area contributed by atoms with Gasteiger partial charge in [-0.15, -0.1) is 0 Å². The molecule has 0 aliphatic rings. The number of carbonyl (C=O) groups is 3. The molecule has 0 unspecified atom stereocenters. The first kappa shape index (κ1) is 20.4. The van der Waals surface area contributed by atoms with Crippen LogP contribution in [0.15, 0.2) is 24.3 Å². The maximum Gasteiger partial charge on any atom is 0.419 e. The Kier molecular flexibility index (Phi) is 7.36. The number of ether oxygens (including phenoxy) is 1. The van der Waals surface area contributed by atoms with E-state index in [-0.39, 0.29) is 0 Å². The summed E-state index contributed by atoms with van der Waals surface area (Å²) < 4.78 is 6.55. The molecule has 0 spiro atoms. The Morgan fingerprint density at radius 3 is 2.16 bits per heavy atom. The molecular formula is C19H26N2O4. The van der Waals surface area contributed by atoms with Crippen molar-refractivity contribution in [2.75, 3.05) is 0 Å². The zero-order chi connectivity index (χ0) is 19.0. The van der Waals surface area contributed by atoms with E-state index in [2.05, 4.69) is 4.98 Å². The molecule has 0 aliphatic heterocycles. The van der Waals surface area contributed by atoms with Gasteiger partial charge >= 0.3 is 6.09 Å². The average molecular weight is 346 g/mol. The van der Waals surface area contributed by atoms with E-state index in [1.54, 1.807) is 39.0 Å². The van der Waals surface area contributed by atoms with Crippen LogP contribution in [0.5, 0.6) is 0 Å². The van der Waals surface area contributed by atoms with Gasteiger partial charge < -0.3 is 9.72 Å². The summed E-state index contributed by atoms with van der Waals surface area (Å²) in [5.41, 5.74) is 2.30. The van der Waals surface area contributed by atoms with E-state index in [0.717, 1.165) is 24.1 Å². The molecule has 2 aromatic heterocycles. The van der Waals surface area contributed by atoms with Gasteiger partial charge in [0, 0.05) is 11.4 Å². The van der Waals surface area contributed by atoms with E-state index in [1.807, 2.05) is 19.9 Å². The topological polar surface area (TPSA) is 81.2 Å². The maximum atomic E-state index is 11.9. The van der Waals surface area contributed by atoms with Crippen molar-refractivity contribution in [2.45, 2.75) is 53.1 Å². The molecule has 2 aromatic rings. The highest BCUT2D eigenvalue weighted by molar-refractivity contribution is 5.83. The number of nitrogens with one attached hydrogen (secondary N) is 1. The fourth-order valence-electron chi connectivity index (χ4n) is 2.13. The third-order valence-electron chi connectivity index (χ3n) is 3.33. The Hall–Kier alpha value is -2.63. The van der Waals surface area contributed by atoms with E-state index in [0.29, 0.717) is 24.1 Å². The van der Waals surface area contributed by atoms with Crippen LogP contribution >= 0.6 is 0 Å². The lowest BCUT2D eigenvalue weighted by molar-refractivity contribution is 0.0527. The summed E-state index contributed by atoms with van der Waals surface area (Å²) in [6.45, 7) is 9.34. The number of hydrogen-bond acceptors (Lipinski definition) is 4. The zero-order valence-corrected chi connectivity index (χ0v) is 15.5. The van der Waals surface area contributed by atoms with Gasteiger partial charge in [0.25, 0.3) is 0 Å². The fourth-order valence-corrected chi connectivity index (χ4v) is 2.13. The van der Waals surface area contributed by atoms with Crippen molar-refractivity contribution >= 4 is 18.7 Å². The van der Waals surface area contributed by atoms with Gasteiger partial charge in [-0.1, -0.05) is 13.8 Å². The van der Waals surface area contributed by atoms with E-state index in [9.17, 15) is 14.4 Å². The number of H-pyrrole nitrogens is 1. The Morgan fingerprint density at radius 1 is 1.08 bits per heavy atom. The van der Waals surface area contributed by atoms with Crippen molar-refractivity contribution in [3.05, 3.63) is 47.0 Å². The normalized spacial score (nSPS) is 10.6. The standard InChI is InChI=1S/C12H17NO3.C7H9NO/c1-5-9-6-7-10(8-14)13(9)11(15)16-12(2,3)4;1-2-6-3-4-7(5-9)8-6/h6-8H,5H2,1-4H3;3-5,8H,2H2,1H3. The predicted molar refractivity (Wildman–Crippen MR) is 96.4 cm³/mol. The molecule has 0 saturated heterocycles. The molecule has 2 heterocycles. The monoisotopic (exact) mass is 346 g/mol. The minimum Gasteiger partial charge on any atom is -0.443 e. The van der Waals surface area contributed by atoms with Gasteiger partial charge in [-0.05, 0) is 57.9 Å². The quantitative estimate of drug-likeness (QED) is 0.847. The van der Waals surface area contributed by atoms with Gasteiger partial charge in [0.15, 0.2) is 12.6 Å². The number of carbonyl (C=O) groups excluding carboxylic acids is 3. The van der Waals surface area contributed by atoms with E-state index < -0.39 is 11.7 Å². The predicted octanol–water partition coefficient (Wildman–Crippen LogP) is 4.04. The first-order valence-corrected chi connectivity index (χ1v) is 8.27. The number of rotatable bonds is 4. The highest BCUT2D eigenvalue weighted by Gasteiger charge is 2.21. The minimum absolute atomic E-state index is 0.325. The Balaban J connectivity index is 0.000000293. The van der Waals surface area contributed by atoms with Crippen molar-refractivity contribution in [1.29, 1.82) is 0 Å². The van der Waals surface area contributed by atoms with Gasteiger partial charge in [0.2, 0.25) is 0 Å². The van der Waals surface area contributed by atoms with Gasteiger partial charge in [-0.2, -0.15) is 0 Å².